The number of rotatable bonds is 2. The van der Waals surface area contributed by atoms with Crippen molar-refractivity contribution in [3.63, 3.8) is 0 Å². The van der Waals surface area contributed by atoms with Crippen molar-refractivity contribution >= 4 is 0 Å². The van der Waals surface area contributed by atoms with Gasteiger partial charge in [-0.1, -0.05) is 0 Å². The third kappa shape index (κ3) is 2.62. The van der Waals surface area contributed by atoms with Crippen LogP contribution in [0, 0.1) is 0 Å². The second-order valence-corrected chi connectivity index (χ2v) is 2.52. The molecule has 0 radical (unpaired) electrons. The highest BCUT2D eigenvalue weighted by Crippen LogP contribution is 2.39. The molecule has 0 aliphatic rings. The number of alkyl halides is 3. The van der Waals surface area contributed by atoms with E-state index in [1.165, 1.54) is 0 Å². The van der Waals surface area contributed by atoms with E-state index in [0.717, 1.165) is 0 Å². The van der Waals surface area contributed by atoms with Gasteiger partial charge in [-0.3, -0.25) is 4.98 Å². The Morgan fingerprint density at radius 2 is 2.00 bits per heavy atom. The summed E-state index contributed by atoms with van der Waals surface area (Å²) in [6.07, 6.45) is -4.30. The van der Waals surface area contributed by atoms with E-state index in [1.54, 1.807) is 0 Å². The smallest absolute Gasteiger partial charge is 0.503 e. The first-order chi connectivity index (χ1) is 6.85. The minimum Gasteiger partial charge on any atom is -0.503 e. The van der Waals surface area contributed by atoms with Crippen LogP contribution in [0.25, 0.3) is 0 Å². The zero-order valence-corrected chi connectivity index (χ0v) is 7.25. The second kappa shape index (κ2) is 3.81. The van der Waals surface area contributed by atoms with Gasteiger partial charge in [0.15, 0.2) is 11.5 Å². The maximum Gasteiger partial charge on any atom is 0.573 e. The van der Waals surface area contributed by atoms with Crippen molar-refractivity contribution in [3.05, 3.63) is 11.9 Å². The largest absolute Gasteiger partial charge is 0.573 e. The summed E-state index contributed by atoms with van der Waals surface area (Å²) in [7, 11) is 0. The number of nitrogens with two attached hydrogens (primary N) is 1. The topological polar surface area (TPSA) is 88.6 Å². The summed E-state index contributed by atoms with van der Waals surface area (Å²) in [5.74, 6) is -2.94. The summed E-state index contributed by atoms with van der Waals surface area (Å²) >= 11 is 0. The maximum absolute atomic E-state index is 11.8. The van der Waals surface area contributed by atoms with Gasteiger partial charge >= 0.3 is 6.36 Å². The van der Waals surface area contributed by atoms with Gasteiger partial charge in [0.25, 0.3) is 0 Å². The van der Waals surface area contributed by atoms with Gasteiger partial charge in [-0.25, -0.2) is 0 Å². The van der Waals surface area contributed by atoms with Crippen LogP contribution >= 0.6 is 0 Å². The van der Waals surface area contributed by atoms with Crippen molar-refractivity contribution < 1.29 is 28.1 Å². The first kappa shape index (κ1) is 11.4. The van der Waals surface area contributed by atoms with Gasteiger partial charge in [-0.05, 0) is 0 Å². The quantitative estimate of drug-likeness (QED) is 0.693. The Hall–Kier alpha value is -1.70. The van der Waals surface area contributed by atoms with Gasteiger partial charge in [0.05, 0.1) is 11.9 Å². The first-order valence-electron chi connectivity index (χ1n) is 3.70. The Labute approximate surface area is 81.9 Å². The Morgan fingerprint density at radius 1 is 1.40 bits per heavy atom. The molecule has 0 amide bonds. The minimum absolute atomic E-state index is 0.202. The van der Waals surface area contributed by atoms with E-state index in [2.05, 4.69) is 9.72 Å². The minimum atomic E-state index is -5.01. The Morgan fingerprint density at radius 3 is 2.47 bits per heavy atom. The number of hydrogen-bond donors (Lipinski definition) is 3. The molecule has 0 atom stereocenters. The molecule has 0 bridgehead atoms. The van der Waals surface area contributed by atoms with E-state index in [9.17, 15) is 18.3 Å². The van der Waals surface area contributed by atoms with Crippen molar-refractivity contribution in [2.24, 2.45) is 5.73 Å². The molecule has 0 saturated heterocycles. The average molecular weight is 224 g/mol. The number of hydrogen-bond acceptors (Lipinski definition) is 5. The van der Waals surface area contributed by atoms with Crippen molar-refractivity contribution in [2.75, 3.05) is 0 Å². The highest BCUT2D eigenvalue weighted by molar-refractivity contribution is 5.50. The number of pyridine rings is 1. The SMILES string of the molecule is NCc1ncc(O)c(OC(F)(F)F)c1O. The predicted octanol–water partition coefficient (Wildman–Crippen LogP) is 0.850. The first-order valence-corrected chi connectivity index (χ1v) is 3.70. The number of nitrogens with zero attached hydrogens (tertiary/aromatic N) is 1. The molecule has 0 spiro atoms. The fourth-order valence-corrected chi connectivity index (χ4v) is 0.877. The standard InChI is InChI=1S/C7H7F3N2O3/c8-7(9,10)15-6-4(13)2-12-3(1-11)5(6)14/h2,13-14H,1,11H2. The molecule has 8 heteroatoms. The van der Waals surface area contributed by atoms with Crippen LogP contribution < -0.4 is 10.5 Å². The molecule has 0 aromatic carbocycles. The lowest BCUT2D eigenvalue weighted by atomic mass is 10.3. The Kier molecular flexibility index (Phi) is 2.89. The summed E-state index contributed by atoms with van der Waals surface area (Å²) in [5, 5.41) is 18.2. The van der Waals surface area contributed by atoms with Crippen LogP contribution in [0.3, 0.4) is 0 Å². The van der Waals surface area contributed by atoms with Crippen LogP contribution in [0.2, 0.25) is 0 Å². The molecule has 84 valence electrons. The monoisotopic (exact) mass is 224 g/mol. The van der Waals surface area contributed by atoms with Crippen molar-refractivity contribution in [1.82, 2.24) is 4.98 Å². The molecular weight excluding hydrogens is 217 g/mol. The average Bonchev–Trinajstić information content (AvgIpc) is 2.11. The summed E-state index contributed by atoms with van der Waals surface area (Å²) in [6.45, 7) is -0.277. The molecule has 0 unspecified atom stereocenters. The van der Waals surface area contributed by atoms with Crippen molar-refractivity contribution in [1.29, 1.82) is 0 Å². The van der Waals surface area contributed by atoms with Crippen LogP contribution in [-0.4, -0.2) is 21.6 Å². The Balaban J connectivity index is 3.15. The van der Waals surface area contributed by atoms with E-state index in [-0.39, 0.29) is 12.2 Å². The van der Waals surface area contributed by atoms with Gasteiger partial charge in [-0.2, -0.15) is 0 Å². The van der Waals surface area contributed by atoms with E-state index in [0.29, 0.717) is 6.20 Å². The maximum atomic E-state index is 11.8. The summed E-state index contributed by atoms with van der Waals surface area (Å²) in [5.41, 5.74) is 4.89. The van der Waals surface area contributed by atoms with Crippen molar-refractivity contribution in [3.8, 4) is 17.2 Å². The third-order valence-corrected chi connectivity index (χ3v) is 1.47. The molecule has 4 N–H and O–H groups in total. The van der Waals surface area contributed by atoms with Crippen LogP contribution in [0.1, 0.15) is 5.69 Å². The highest BCUT2D eigenvalue weighted by atomic mass is 19.4. The third-order valence-electron chi connectivity index (χ3n) is 1.47. The second-order valence-electron chi connectivity index (χ2n) is 2.52. The van der Waals surface area contributed by atoms with Gasteiger partial charge < -0.3 is 20.7 Å². The lowest BCUT2D eigenvalue weighted by molar-refractivity contribution is -0.275. The van der Waals surface area contributed by atoms with Gasteiger partial charge in [0.1, 0.15) is 0 Å². The number of aromatic nitrogens is 1. The number of aromatic hydroxyl groups is 2. The highest BCUT2D eigenvalue weighted by Gasteiger charge is 2.34. The molecule has 0 aliphatic carbocycles. The van der Waals surface area contributed by atoms with Crippen LogP contribution in [0.15, 0.2) is 6.20 Å². The van der Waals surface area contributed by atoms with Gasteiger partial charge in [0, 0.05) is 6.54 Å². The molecule has 0 aliphatic heterocycles. The van der Waals surface area contributed by atoms with Gasteiger partial charge in [0.2, 0.25) is 5.75 Å². The van der Waals surface area contributed by atoms with Crippen LogP contribution in [0.5, 0.6) is 17.2 Å². The van der Waals surface area contributed by atoms with E-state index >= 15 is 0 Å². The summed E-state index contributed by atoms with van der Waals surface area (Å²) in [6, 6.07) is 0. The normalized spacial score (nSPS) is 11.5. The Bertz CT molecular complexity index is 367. The molecule has 0 fully saturated rings. The fraction of sp³-hybridized carbons (Fsp3) is 0.286. The molecule has 1 aromatic rings. The molecule has 1 rings (SSSR count). The molecule has 15 heavy (non-hydrogen) atoms. The molecule has 1 heterocycles. The summed E-state index contributed by atoms with van der Waals surface area (Å²) in [4.78, 5) is 3.41. The molecule has 5 nitrogen and oxygen atoms in total. The predicted molar refractivity (Wildman–Crippen MR) is 42.1 cm³/mol. The zero-order valence-electron chi connectivity index (χ0n) is 7.25. The molecule has 0 saturated carbocycles. The number of halogens is 3. The fourth-order valence-electron chi connectivity index (χ4n) is 0.877. The molecular formula is C7H7F3N2O3. The summed E-state index contributed by atoms with van der Waals surface area (Å²) < 4.78 is 38.9. The van der Waals surface area contributed by atoms with Crippen molar-refractivity contribution in [2.45, 2.75) is 12.9 Å². The van der Waals surface area contributed by atoms with Crippen LogP contribution in [0.4, 0.5) is 13.2 Å². The zero-order chi connectivity index (χ0) is 11.6. The number of ether oxygens (including phenoxy) is 1. The van der Waals surface area contributed by atoms with Gasteiger partial charge in [-0.15, -0.1) is 13.2 Å². The van der Waals surface area contributed by atoms with E-state index < -0.39 is 23.6 Å². The van der Waals surface area contributed by atoms with E-state index in [4.69, 9.17) is 10.8 Å². The van der Waals surface area contributed by atoms with Crippen LogP contribution in [-0.2, 0) is 6.54 Å². The molecule has 1 aromatic heterocycles. The lowest BCUT2D eigenvalue weighted by Gasteiger charge is -2.12. The lowest BCUT2D eigenvalue weighted by Crippen LogP contribution is -2.18. The van der Waals surface area contributed by atoms with E-state index in [1.807, 2.05) is 0 Å².